The van der Waals surface area contributed by atoms with Gasteiger partial charge in [-0.2, -0.15) is 0 Å². The third-order valence-electron chi connectivity index (χ3n) is 5.12. The van der Waals surface area contributed by atoms with E-state index in [4.69, 9.17) is 4.74 Å². The molecular formula is C27H29N3O4. The largest absolute Gasteiger partial charge is 0.493 e. The highest BCUT2D eigenvalue weighted by molar-refractivity contribution is 6.04. The van der Waals surface area contributed by atoms with E-state index in [2.05, 4.69) is 23.1 Å². The summed E-state index contributed by atoms with van der Waals surface area (Å²) in [5.74, 6) is -0.711. The normalized spacial score (nSPS) is 10.3. The molecule has 0 aliphatic heterocycles. The molecule has 0 atom stereocenters. The lowest BCUT2D eigenvalue weighted by Crippen LogP contribution is -2.41. The predicted molar refractivity (Wildman–Crippen MR) is 132 cm³/mol. The number of para-hydroxylation sites is 1. The fraction of sp³-hybridized carbons (Fsp3) is 0.222. The van der Waals surface area contributed by atoms with Crippen molar-refractivity contribution in [3.05, 3.63) is 95.6 Å². The summed E-state index contributed by atoms with van der Waals surface area (Å²) in [7, 11) is 0. The first-order valence-electron chi connectivity index (χ1n) is 11.4. The Labute approximate surface area is 199 Å². The van der Waals surface area contributed by atoms with Crippen molar-refractivity contribution in [2.45, 2.75) is 32.6 Å². The summed E-state index contributed by atoms with van der Waals surface area (Å²) in [6, 6.07) is 22.1. The number of carbonyl (C=O) groups is 3. The van der Waals surface area contributed by atoms with E-state index in [1.165, 1.54) is 0 Å². The van der Waals surface area contributed by atoms with Crippen molar-refractivity contribution >= 4 is 23.4 Å². The molecule has 3 aromatic carbocycles. The first-order valence-corrected chi connectivity index (χ1v) is 11.4. The second-order valence-electron chi connectivity index (χ2n) is 7.71. The van der Waals surface area contributed by atoms with Gasteiger partial charge in [0.1, 0.15) is 5.75 Å². The van der Waals surface area contributed by atoms with E-state index in [1.807, 2.05) is 6.07 Å². The first kappa shape index (κ1) is 24.5. The molecule has 176 valence electrons. The van der Waals surface area contributed by atoms with Gasteiger partial charge in [0.2, 0.25) is 0 Å². The van der Waals surface area contributed by atoms with Gasteiger partial charge in [-0.15, -0.1) is 0 Å². The molecule has 0 bridgehead atoms. The molecule has 0 aliphatic rings. The Morgan fingerprint density at radius 2 is 1.32 bits per heavy atom. The average molecular weight is 460 g/mol. The Balaban J connectivity index is 1.51. The number of rotatable bonds is 10. The first-order chi connectivity index (χ1) is 16.6. The number of benzene rings is 3. The second-order valence-corrected chi connectivity index (χ2v) is 7.71. The lowest BCUT2D eigenvalue weighted by atomic mass is 10.1. The Morgan fingerprint density at radius 3 is 2.06 bits per heavy atom. The minimum absolute atomic E-state index is 0.240. The van der Waals surface area contributed by atoms with Crippen molar-refractivity contribution in [2.24, 2.45) is 0 Å². The quantitative estimate of drug-likeness (QED) is 0.294. The number of nitrogens with one attached hydrogen (secondary N) is 3. The maximum absolute atomic E-state index is 12.6. The number of anilines is 1. The fourth-order valence-corrected chi connectivity index (χ4v) is 3.24. The van der Waals surface area contributed by atoms with Crippen LogP contribution in [0.5, 0.6) is 5.75 Å². The highest BCUT2D eigenvalue weighted by atomic mass is 16.5. The number of hydrazine groups is 1. The monoisotopic (exact) mass is 459 g/mol. The van der Waals surface area contributed by atoms with Gasteiger partial charge in [0, 0.05) is 16.8 Å². The molecule has 0 spiro atoms. The van der Waals surface area contributed by atoms with Crippen LogP contribution in [0.1, 0.15) is 63.7 Å². The van der Waals surface area contributed by atoms with E-state index in [0.29, 0.717) is 34.7 Å². The van der Waals surface area contributed by atoms with Gasteiger partial charge in [0.05, 0.1) is 12.2 Å². The smallest absolute Gasteiger partial charge is 0.273 e. The summed E-state index contributed by atoms with van der Waals surface area (Å²) < 4.78 is 5.77. The third kappa shape index (κ3) is 7.20. The SMILES string of the molecule is CCCCCCOc1ccccc1C(=O)NNC(=O)c1ccc(NC(=O)c2ccccc2)cc1. The number of carbonyl (C=O) groups excluding carboxylic acids is 3. The molecule has 0 saturated carbocycles. The second kappa shape index (κ2) is 12.8. The highest BCUT2D eigenvalue weighted by Gasteiger charge is 2.14. The van der Waals surface area contributed by atoms with Crippen LogP contribution in [0.3, 0.4) is 0 Å². The Hall–Kier alpha value is -4.13. The third-order valence-corrected chi connectivity index (χ3v) is 5.12. The van der Waals surface area contributed by atoms with Gasteiger partial charge in [-0.05, 0) is 55.0 Å². The topological polar surface area (TPSA) is 96.5 Å². The maximum atomic E-state index is 12.6. The van der Waals surface area contributed by atoms with Crippen molar-refractivity contribution in [1.29, 1.82) is 0 Å². The van der Waals surface area contributed by atoms with Crippen LogP contribution >= 0.6 is 0 Å². The van der Waals surface area contributed by atoms with Gasteiger partial charge in [0.25, 0.3) is 17.7 Å². The molecule has 0 aliphatic carbocycles. The van der Waals surface area contributed by atoms with Gasteiger partial charge in [0.15, 0.2) is 0 Å². The molecular weight excluding hydrogens is 430 g/mol. The van der Waals surface area contributed by atoms with Crippen molar-refractivity contribution in [3.63, 3.8) is 0 Å². The van der Waals surface area contributed by atoms with Crippen molar-refractivity contribution < 1.29 is 19.1 Å². The number of amides is 3. The van der Waals surface area contributed by atoms with Crippen molar-refractivity contribution in [3.8, 4) is 5.75 Å². The van der Waals surface area contributed by atoms with Gasteiger partial charge >= 0.3 is 0 Å². The van der Waals surface area contributed by atoms with Crippen molar-refractivity contribution in [2.75, 3.05) is 11.9 Å². The van der Waals surface area contributed by atoms with Crippen molar-refractivity contribution in [1.82, 2.24) is 10.9 Å². The number of ether oxygens (including phenoxy) is 1. The molecule has 3 rings (SSSR count). The lowest BCUT2D eigenvalue weighted by Gasteiger charge is -2.12. The van der Waals surface area contributed by atoms with E-state index in [0.717, 1.165) is 25.7 Å². The summed E-state index contributed by atoms with van der Waals surface area (Å²) >= 11 is 0. The minimum atomic E-state index is -0.479. The van der Waals surface area contributed by atoms with Crippen LogP contribution in [0, 0.1) is 0 Å². The summed E-state index contributed by atoms with van der Waals surface area (Å²) in [5, 5.41) is 2.78. The molecule has 0 heterocycles. The van der Waals surface area contributed by atoms with E-state index in [-0.39, 0.29) is 5.91 Å². The number of unbranched alkanes of at least 4 members (excludes halogenated alkanes) is 3. The van der Waals surface area contributed by atoms with Crippen LogP contribution in [-0.2, 0) is 0 Å². The van der Waals surface area contributed by atoms with Gasteiger partial charge < -0.3 is 10.1 Å². The van der Waals surface area contributed by atoms with Gasteiger partial charge in [-0.3, -0.25) is 25.2 Å². The van der Waals surface area contributed by atoms with E-state index in [1.54, 1.807) is 72.8 Å². The highest BCUT2D eigenvalue weighted by Crippen LogP contribution is 2.18. The molecule has 3 amide bonds. The maximum Gasteiger partial charge on any atom is 0.273 e. The fourth-order valence-electron chi connectivity index (χ4n) is 3.24. The number of hydrogen-bond acceptors (Lipinski definition) is 4. The van der Waals surface area contributed by atoms with Gasteiger partial charge in [-0.25, -0.2) is 0 Å². The molecule has 0 radical (unpaired) electrons. The summed E-state index contributed by atoms with van der Waals surface area (Å²) in [6.07, 6.45) is 4.29. The molecule has 3 aromatic rings. The van der Waals surface area contributed by atoms with Crippen LogP contribution in [0.15, 0.2) is 78.9 Å². The molecule has 3 N–H and O–H groups in total. The zero-order valence-electron chi connectivity index (χ0n) is 19.2. The van der Waals surface area contributed by atoms with Crippen LogP contribution in [0.4, 0.5) is 5.69 Å². The zero-order chi connectivity index (χ0) is 24.2. The zero-order valence-corrected chi connectivity index (χ0v) is 19.2. The Kier molecular flexibility index (Phi) is 9.22. The van der Waals surface area contributed by atoms with Crippen LogP contribution < -0.4 is 20.9 Å². The van der Waals surface area contributed by atoms with Crippen LogP contribution in [0.25, 0.3) is 0 Å². The van der Waals surface area contributed by atoms with E-state index < -0.39 is 11.8 Å². The van der Waals surface area contributed by atoms with Crippen LogP contribution in [-0.4, -0.2) is 24.3 Å². The molecule has 34 heavy (non-hydrogen) atoms. The summed E-state index contributed by atoms with van der Waals surface area (Å²) in [4.78, 5) is 37.3. The van der Waals surface area contributed by atoms with Gasteiger partial charge in [-0.1, -0.05) is 56.5 Å². The standard InChI is InChI=1S/C27H29N3O4/c1-2-3-4-10-19-34-24-14-9-8-13-23(24)27(33)30-29-26(32)21-15-17-22(18-16-21)28-25(31)20-11-6-5-7-12-20/h5-9,11-18H,2-4,10,19H2,1H3,(H,28,31)(H,29,32)(H,30,33). The average Bonchev–Trinajstić information content (AvgIpc) is 2.88. The van der Waals surface area contributed by atoms with Crippen LogP contribution in [0.2, 0.25) is 0 Å². The van der Waals surface area contributed by atoms with E-state index >= 15 is 0 Å². The number of hydrogen-bond donors (Lipinski definition) is 3. The minimum Gasteiger partial charge on any atom is -0.493 e. The lowest BCUT2D eigenvalue weighted by molar-refractivity contribution is 0.0844. The molecule has 7 heteroatoms. The Bertz CT molecular complexity index is 1100. The summed E-state index contributed by atoms with van der Waals surface area (Å²) in [6.45, 7) is 2.68. The molecule has 0 aromatic heterocycles. The summed E-state index contributed by atoms with van der Waals surface area (Å²) in [5.41, 5.74) is 6.61. The molecule has 0 saturated heterocycles. The Morgan fingerprint density at radius 1 is 0.676 bits per heavy atom. The molecule has 0 unspecified atom stereocenters. The predicted octanol–water partition coefficient (Wildman–Crippen LogP) is 4.97. The van der Waals surface area contributed by atoms with E-state index in [9.17, 15) is 14.4 Å². The molecule has 7 nitrogen and oxygen atoms in total. The molecule has 0 fully saturated rings.